The monoisotopic (exact) mass is 266 g/mol. The number of hydrogen-bond acceptors (Lipinski definition) is 2. The fourth-order valence-electron chi connectivity index (χ4n) is 1.49. The average molecular weight is 266 g/mol. The van der Waals surface area contributed by atoms with Crippen LogP contribution in [0.5, 0.6) is 0 Å². The summed E-state index contributed by atoms with van der Waals surface area (Å²) in [5, 5.41) is 8.57. The number of aliphatic hydroxyl groups excluding tert-OH is 1. The fraction of sp³-hybridized carbons (Fsp3) is 0.750. The topological polar surface area (TPSA) is 20.2 Å². The molecule has 0 heterocycles. The molecule has 0 aliphatic heterocycles. The molecular formula is C16H26OS. The lowest BCUT2D eigenvalue weighted by Gasteiger charge is -1.96. The van der Waals surface area contributed by atoms with Gasteiger partial charge in [0.25, 0.3) is 0 Å². The molecule has 0 aliphatic rings. The van der Waals surface area contributed by atoms with E-state index in [1.807, 2.05) is 0 Å². The van der Waals surface area contributed by atoms with Gasteiger partial charge >= 0.3 is 0 Å². The van der Waals surface area contributed by atoms with Crippen molar-refractivity contribution >= 4 is 11.8 Å². The first-order chi connectivity index (χ1) is 8.91. The van der Waals surface area contributed by atoms with Gasteiger partial charge in [-0.05, 0) is 6.42 Å². The minimum absolute atomic E-state index is 0.240. The minimum atomic E-state index is 0.240. The maximum absolute atomic E-state index is 8.57. The predicted octanol–water partition coefficient (Wildman–Crippen LogP) is 3.86. The molecule has 1 nitrogen and oxygen atoms in total. The molecule has 0 aliphatic carbocycles. The smallest absolute Gasteiger partial charge is 0.0702 e. The van der Waals surface area contributed by atoms with Crippen LogP contribution in [0.2, 0.25) is 0 Å². The van der Waals surface area contributed by atoms with Crippen molar-refractivity contribution in [3.8, 4) is 23.7 Å². The quantitative estimate of drug-likeness (QED) is 0.505. The van der Waals surface area contributed by atoms with Crippen molar-refractivity contribution in [2.24, 2.45) is 0 Å². The molecule has 0 saturated heterocycles. The van der Waals surface area contributed by atoms with E-state index < -0.39 is 0 Å². The van der Waals surface area contributed by atoms with Crippen molar-refractivity contribution in [2.45, 2.75) is 58.3 Å². The number of aliphatic hydroxyl groups is 1. The van der Waals surface area contributed by atoms with Gasteiger partial charge in [0.15, 0.2) is 0 Å². The lowest BCUT2D eigenvalue weighted by Crippen LogP contribution is -1.85. The van der Waals surface area contributed by atoms with Gasteiger partial charge in [0.1, 0.15) is 0 Å². The first kappa shape index (κ1) is 17.4. The van der Waals surface area contributed by atoms with E-state index in [2.05, 4.69) is 30.6 Å². The standard InChI is InChI=1S/C16H26OS/c1-2-3-4-5-6-7-8-9-10-11-12-13-15-18-16-14-17/h17H,2-8,11,14-16H2,1H3. The summed E-state index contributed by atoms with van der Waals surface area (Å²) >= 11 is 1.66. The molecule has 0 radical (unpaired) electrons. The molecule has 0 aromatic heterocycles. The molecule has 0 saturated carbocycles. The van der Waals surface area contributed by atoms with Crippen molar-refractivity contribution in [3.63, 3.8) is 0 Å². The van der Waals surface area contributed by atoms with Crippen molar-refractivity contribution in [1.29, 1.82) is 0 Å². The van der Waals surface area contributed by atoms with Crippen LogP contribution in [0.25, 0.3) is 0 Å². The van der Waals surface area contributed by atoms with E-state index in [-0.39, 0.29) is 6.61 Å². The van der Waals surface area contributed by atoms with E-state index in [1.54, 1.807) is 11.8 Å². The summed E-state index contributed by atoms with van der Waals surface area (Å²) in [5.41, 5.74) is 0. The summed E-state index contributed by atoms with van der Waals surface area (Å²) in [7, 11) is 0. The highest BCUT2D eigenvalue weighted by atomic mass is 32.2. The normalized spacial score (nSPS) is 9.22. The van der Waals surface area contributed by atoms with Crippen LogP contribution in [0.3, 0.4) is 0 Å². The van der Waals surface area contributed by atoms with Crippen LogP contribution in [0.15, 0.2) is 0 Å². The molecule has 1 N–H and O–H groups in total. The lowest BCUT2D eigenvalue weighted by molar-refractivity contribution is 0.322. The largest absolute Gasteiger partial charge is 0.396 e. The molecule has 0 rings (SSSR count). The van der Waals surface area contributed by atoms with E-state index in [1.165, 1.54) is 38.5 Å². The Morgan fingerprint density at radius 2 is 1.61 bits per heavy atom. The Morgan fingerprint density at radius 1 is 0.889 bits per heavy atom. The molecule has 0 aromatic rings. The first-order valence-corrected chi connectivity index (χ1v) is 8.17. The Kier molecular flexibility index (Phi) is 15.9. The Balaban J connectivity index is 3.23. The van der Waals surface area contributed by atoms with Gasteiger partial charge < -0.3 is 5.11 Å². The number of hydrogen-bond donors (Lipinski definition) is 1. The van der Waals surface area contributed by atoms with Gasteiger partial charge in [-0.25, -0.2) is 0 Å². The Labute approximate surface area is 117 Å². The molecular weight excluding hydrogens is 240 g/mol. The Bertz CT molecular complexity index is 277. The van der Waals surface area contributed by atoms with Gasteiger partial charge in [-0.3, -0.25) is 0 Å². The SMILES string of the molecule is CCCCCCCCC#CCC#CCSCCO. The van der Waals surface area contributed by atoms with Crippen LogP contribution in [0.4, 0.5) is 0 Å². The number of thioether (sulfide) groups is 1. The summed E-state index contributed by atoms with van der Waals surface area (Å²) in [5.74, 6) is 13.9. The van der Waals surface area contributed by atoms with Gasteiger partial charge in [0.05, 0.1) is 18.8 Å². The van der Waals surface area contributed by atoms with E-state index >= 15 is 0 Å². The molecule has 0 unspecified atom stereocenters. The van der Waals surface area contributed by atoms with Gasteiger partial charge in [-0.2, -0.15) is 0 Å². The van der Waals surface area contributed by atoms with Crippen molar-refractivity contribution in [3.05, 3.63) is 0 Å². The molecule has 0 bridgehead atoms. The van der Waals surface area contributed by atoms with Crippen molar-refractivity contribution in [2.75, 3.05) is 18.1 Å². The number of rotatable bonds is 9. The maximum atomic E-state index is 8.57. The lowest BCUT2D eigenvalue weighted by atomic mass is 10.1. The molecule has 18 heavy (non-hydrogen) atoms. The van der Waals surface area contributed by atoms with Crippen molar-refractivity contribution < 1.29 is 5.11 Å². The third-order valence-electron chi connectivity index (χ3n) is 2.49. The fourth-order valence-corrected chi connectivity index (χ4v) is 1.97. The van der Waals surface area contributed by atoms with Crippen LogP contribution in [-0.4, -0.2) is 23.2 Å². The molecule has 2 heteroatoms. The highest BCUT2D eigenvalue weighted by Crippen LogP contribution is 2.06. The van der Waals surface area contributed by atoms with Crippen molar-refractivity contribution in [1.82, 2.24) is 0 Å². The first-order valence-electron chi connectivity index (χ1n) is 7.01. The van der Waals surface area contributed by atoms with E-state index in [0.717, 1.165) is 17.9 Å². The third kappa shape index (κ3) is 15.4. The van der Waals surface area contributed by atoms with Crippen LogP contribution < -0.4 is 0 Å². The number of unbranched alkanes of at least 4 members (excludes halogenated alkanes) is 6. The summed E-state index contributed by atoms with van der Waals surface area (Å²) in [6.07, 6.45) is 9.68. The average Bonchev–Trinajstić information content (AvgIpc) is 2.39. The van der Waals surface area contributed by atoms with E-state index in [4.69, 9.17) is 5.11 Å². The van der Waals surface area contributed by atoms with Crippen LogP contribution >= 0.6 is 11.8 Å². The van der Waals surface area contributed by atoms with Crippen LogP contribution in [-0.2, 0) is 0 Å². The molecule has 0 spiro atoms. The van der Waals surface area contributed by atoms with Gasteiger partial charge in [0, 0.05) is 12.2 Å². The molecule has 0 aromatic carbocycles. The Hall–Kier alpha value is -0.570. The highest BCUT2D eigenvalue weighted by molar-refractivity contribution is 7.99. The van der Waals surface area contributed by atoms with Gasteiger partial charge in [0.2, 0.25) is 0 Å². The van der Waals surface area contributed by atoms with Gasteiger partial charge in [-0.1, -0.05) is 56.8 Å². The van der Waals surface area contributed by atoms with Crippen LogP contribution in [0.1, 0.15) is 58.3 Å². The van der Waals surface area contributed by atoms with Crippen LogP contribution in [0, 0.1) is 23.7 Å². The molecule has 0 atom stereocenters. The predicted molar refractivity (Wildman–Crippen MR) is 82.6 cm³/mol. The minimum Gasteiger partial charge on any atom is -0.396 e. The second kappa shape index (κ2) is 16.4. The molecule has 102 valence electrons. The summed E-state index contributed by atoms with van der Waals surface area (Å²) < 4.78 is 0. The second-order valence-electron chi connectivity index (χ2n) is 4.18. The summed E-state index contributed by atoms with van der Waals surface area (Å²) in [6.45, 7) is 2.49. The maximum Gasteiger partial charge on any atom is 0.0702 e. The molecule has 0 fully saturated rings. The van der Waals surface area contributed by atoms with E-state index in [0.29, 0.717) is 6.42 Å². The summed E-state index contributed by atoms with van der Waals surface area (Å²) in [6, 6.07) is 0. The third-order valence-corrected chi connectivity index (χ3v) is 3.31. The van der Waals surface area contributed by atoms with Gasteiger partial charge in [-0.15, -0.1) is 17.7 Å². The van der Waals surface area contributed by atoms with E-state index in [9.17, 15) is 0 Å². The summed E-state index contributed by atoms with van der Waals surface area (Å²) in [4.78, 5) is 0. The highest BCUT2D eigenvalue weighted by Gasteiger charge is 1.87. The second-order valence-corrected chi connectivity index (χ2v) is 5.28. The zero-order valence-electron chi connectivity index (χ0n) is 11.6. The zero-order chi connectivity index (χ0) is 13.3. The zero-order valence-corrected chi connectivity index (χ0v) is 12.5. The Morgan fingerprint density at radius 3 is 2.39 bits per heavy atom. The molecule has 0 amide bonds.